The summed E-state index contributed by atoms with van der Waals surface area (Å²) in [7, 11) is 2.69. The second-order valence-electron chi connectivity index (χ2n) is 14.6. The molecule has 0 fully saturated rings. The van der Waals surface area contributed by atoms with Gasteiger partial charge >= 0.3 is 0 Å². The molecular formula is C43H46ClN7O9. The SMILES string of the molecule is CC(C(N)=O)N(C)C(=O)[C@H](C)NC(=O)C1Cc2ccc(O)c(c2)-c2cc(ccc2O)C(N(C)C(=O)CNC(=O)c2ccc(-c3ccc(Cl)cc3)cc2)C(=O)N[C@@H](C)C(=O)N1. The lowest BCUT2D eigenvalue weighted by Crippen LogP contribution is -2.58. The van der Waals surface area contributed by atoms with Crippen LogP contribution in [0.3, 0.4) is 0 Å². The number of phenols is 2. The van der Waals surface area contributed by atoms with Crippen molar-refractivity contribution in [3.63, 3.8) is 0 Å². The van der Waals surface area contributed by atoms with Crippen molar-refractivity contribution in [2.75, 3.05) is 20.6 Å². The Balaban J connectivity index is 1.40. The van der Waals surface area contributed by atoms with Gasteiger partial charge in [0.2, 0.25) is 35.4 Å². The van der Waals surface area contributed by atoms with E-state index in [1.807, 2.05) is 12.1 Å². The summed E-state index contributed by atoms with van der Waals surface area (Å²) in [5.41, 5.74) is 8.18. The molecule has 0 aliphatic carbocycles. The zero-order valence-electron chi connectivity index (χ0n) is 33.5. The molecule has 0 aromatic heterocycles. The fraction of sp³-hybridized carbons (Fsp3) is 0.279. The average Bonchev–Trinajstić information content (AvgIpc) is 3.22. The summed E-state index contributed by atoms with van der Waals surface area (Å²) >= 11 is 5.99. The Morgan fingerprint density at radius 1 is 0.833 bits per heavy atom. The molecule has 5 atom stereocenters. The molecule has 1 aliphatic heterocycles. The van der Waals surface area contributed by atoms with Crippen molar-refractivity contribution in [1.82, 2.24) is 31.1 Å². The zero-order chi connectivity index (χ0) is 44.0. The van der Waals surface area contributed by atoms with E-state index in [9.17, 15) is 43.8 Å². The van der Waals surface area contributed by atoms with Crippen LogP contribution in [0, 0.1) is 0 Å². The fourth-order valence-electron chi connectivity index (χ4n) is 6.56. The summed E-state index contributed by atoms with van der Waals surface area (Å²) in [5.74, 6) is -5.55. The number of halogens is 1. The van der Waals surface area contributed by atoms with Crippen LogP contribution in [0.25, 0.3) is 22.3 Å². The maximum Gasteiger partial charge on any atom is 0.251 e. The van der Waals surface area contributed by atoms with Crippen molar-refractivity contribution < 1.29 is 43.8 Å². The van der Waals surface area contributed by atoms with Crippen LogP contribution < -0.4 is 27.0 Å². The predicted octanol–water partition coefficient (Wildman–Crippen LogP) is 2.40. The zero-order valence-corrected chi connectivity index (χ0v) is 34.2. The van der Waals surface area contributed by atoms with Crippen molar-refractivity contribution in [2.45, 2.75) is 57.4 Å². The van der Waals surface area contributed by atoms with Crippen molar-refractivity contribution in [3.05, 3.63) is 107 Å². The molecule has 0 radical (unpaired) electrons. The van der Waals surface area contributed by atoms with Crippen molar-refractivity contribution >= 4 is 53.0 Å². The Kier molecular flexibility index (Phi) is 13.8. The van der Waals surface area contributed by atoms with E-state index < -0.39 is 78.1 Å². The maximum atomic E-state index is 14.1. The third-order valence-corrected chi connectivity index (χ3v) is 10.6. The number of nitrogens with two attached hydrogens (primary N) is 1. The molecule has 1 heterocycles. The molecule has 3 unspecified atom stereocenters. The lowest BCUT2D eigenvalue weighted by molar-refractivity contribution is -0.140. The van der Waals surface area contributed by atoms with Gasteiger partial charge in [0.15, 0.2) is 0 Å². The third-order valence-electron chi connectivity index (χ3n) is 10.3. The Morgan fingerprint density at radius 3 is 2.03 bits per heavy atom. The van der Waals surface area contributed by atoms with Crippen LogP contribution >= 0.6 is 11.6 Å². The molecule has 4 aromatic rings. The van der Waals surface area contributed by atoms with Gasteiger partial charge in [-0.2, -0.15) is 0 Å². The van der Waals surface area contributed by atoms with Crippen LogP contribution in [-0.2, 0) is 35.2 Å². The van der Waals surface area contributed by atoms with Crippen LogP contribution in [0.4, 0.5) is 0 Å². The molecule has 1 aliphatic rings. The number of nitrogens with one attached hydrogen (secondary N) is 4. The Hall–Kier alpha value is -6.94. The van der Waals surface area contributed by atoms with E-state index >= 15 is 0 Å². The van der Waals surface area contributed by atoms with Crippen LogP contribution in [0.15, 0.2) is 84.9 Å². The van der Waals surface area contributed by atoms with E-state index in [1.165, 1.54) is 71.3 Å². The highest BCUT2D eigenvalue weighted by Gasteiger charge is 2.34. The van der Waals surface area contributed by atoms with Gasteiger partial charge in [0.25, 0.3) is 5.91 Å². The number of phenolic OH excluding ortho intramolecular Hbond substituents is 2. The van der Waals surface area contributed by atoms with Gasteiger partial charge in [0.05, 0.1) is 6.54 Å². The van der Waals surface area contributed by atoms with Crippen LogP contribution in [0.1, 0.15) is 48.3 Å². The van der Waals surface area contributed by atoms with E-state index in [2.05, 4.69) is 21.3 Å². The molecule has 4 aromatic carbocycles. The average molecular weight is 840 g/mol. The smallest absolute Gasteiger partial charge is 0.251 e. The van der Waals surface area contributed by atoms with Gasteiger partial charge in [-0.3, -0.25) is 33.6 Å². The molecule has 60 heavy (non-hydrogen) atoms. The standard InChI is InChI=1S/C43H46ClN7O9/c1-22-39(56)49-33(41(58)48-23(2)43(60)50(4)24(3)38(45)55)19-25-6-16-34(52)31(18-25)32-20-29(13-17-35(32)53)37(42(59)47-22)51(5)36(54)21-46-40(57)28-9-7-26(8-10-28)27-11-14-30(44)15-12-27/h6-18,20,22-24,33,37,52-53H,19,21H2,1-5H3,(H2,45,55)(H,46,57)(H,47,59)(H,48,58)(H,49,56)/t22-,23-,24?,33?,37?/m0/s1. The van der Waals surface area contributed by atoms with E-state index in [-0.39, 0.29) is 40.2 Å². The molecule has 16 nitrogen and oxygen atoms in total. The topological polar surface area (TPSA) is 241 Å². The maximum absolute atomic E-state index is 14.1. The fourth-order valence-corrected chi connectivity index (χ4v) is 6.69. The monoisotopic (exact) mass is 839 g/mol. The van der Waals surface area contributed by atoms with Gasteiger partial charge < -0.3 is 47.0 Å². The Bertz CT molecular complexity index is 2320. The number of carbonyl (C=O) groups excluding carboxylic acids is 7. The minimum absolute atomic E-state index is 0.0850. The molecular weight excluding hydrogens is 794 g/mol. The quantitative estimate of drug-likeness (QED) is 0.124. The summed E-state index contributed by atoms with van der Waals surface area (Å²) in [5, 5.41) is 32.9. The van der Waals surface area contributed by atoms with Crippen molar-refractivity contribution in [2.24, 2.45) is 5.73 Å². The van der Waals surface area contributed by atoms with Gasteiger partial charge in [0.1, 0.15) is 41.7 Å². The number of nitrogens with zero attached hydrogens (tertiary/aromatic N) is 2. The minimum atomic E-state index is -1.43. The highest BCUT2D eigenvalue weighted by Crippen LogP contribution is 2.38. The lowest BCUT2D eigenvalue weighted by Gasteiger charge is -2.30. The number of primary amides is 1. The Morgan fingerprint density at radius 2 is 1.42 bits per heavy atom. The minimum Gasteiger partial charge on any atom is -0.507 e. The van der Waals surface area contributed by atoms with Crippen LogP contribution in [0.2, 0.25) is 5.02 Å². The molecule has 0 spiro atoms. The van der Waals surface area contributed by atoms with Gasteiger partial charge in [-0.05, 0) is 91.6 Å². The first-order chi connectivity index (χ1) is 28.4. The predicted molar refractivity (Wildman–Crippen MR) is 222 cm³/mol. The first kappa shape index (κ1) is 44.2. The molecule has 0 saturated heterocycles. The summed E-state index contributed by atoms with van der Waals surface area (Å²) < 4.78 is 0. The number of carbonyl (C=O) groups is 7. The van der Waals surface area contributed by atoms with Crippen LogP contribution in [-0.4, -0.2) is 106 Å². The first-order valence-electron chi connectivity index (χ1n) is 18.9. The molecule has 5 rings (SSSR count). The number of likely N-dealkylation sites (N-methyl/N-ethyl adjacent to an activating group) is 2. The number of rotatable bonds is 10. The molecule has 17 heteroatoms. The third kappa shape index (κ3) is 10.2. The highest BCUT2D eigenvalue weighted by atomic mass is 35.5. The first-order valence-corrected chi connectivity index (χ1v) is 19.3. The van der Waals surface area contributed by atoms with Gasteiger partial charge in [-0.1, -0.05) is 48.0 Å². The van der Waals surface area contributed by atoms with Crippen molar-refractivity contribution in [1.29, 1.82) is 0 Å². The number of amides is 7. The van der Waals surface area contributed by atoms with Crippen LogP contribution in [0.5, 0.6) is 11.5 Å². The second kappa shape index (κ2) is 18.8. The number of benzene rings is 4. The second-order valence-corrected chi connectivity index (χ2v) is 15.0. The van der Waals surface area contributed by atoms with Gasteiger partial charge in [0, 0.05) is 42.2 Å². The highest BCUT2D eigenvalue weighted by molar-refractivity contribution is 6.30. The van der Waals surface area contributed by atoms with E-state index in [0.717, 1.165) is 20.9 Å². The number of aromatic hydroxyl groups is 2. The molecule has 0 saturated carbocycles. The largest absolute Gasteiger partial charge is 0.507 e. The molecule has 4 bridgehead atoms. The molecule has 314 valence electrons. The summed E-state index contributed by atoms with van der Waals surface area (Å²) in [6.07, 6.45) is -0.154. The molecule has 7 amide bonds. The van der Waals surface area contributed by atoms with Gasteiger partial charge in [-0.15, -0.1) is 0 Å². The normalized spacial score (nSPS) is 17.4. The van der Waals surface area contributed by atoms with E-state index in [4.69, 9.17) is 17.3 Å². The number of hydrogen-bond acceptors (Lipinski definition) is 9. The summed E-state index contributed by atoms with van der Waals surface area (Å²) in [6, 6.07) is 16.2. The van der Waals surface area contributed by atoms with E-state index in [1.54, 1.807) is 36.4 Å². The number of hydrogen-bond donors (Lipinski definition) is 7. The van der Waals surface area contributed by atoms with Crippen molar-refractivity contribution in [3.8, 4) is 33.8 Å². The lowest BCUT2D eigenvalue weighted by atomic mass is 9.93. The number of fused-ring (bicyclic) bond motifs is 5. The van der Waals surface area contributed by atoms with Gasteiger partial charge in [-0.25, -0.2) is 0 Å². The summed E-state index contributed by atoms with van der Waals surface area (Å²) in [6.45, 7) is 3.69. The molecule has 8 N–H and O–H groups in total. The summed E-state index contributed by atoms with van der Waals surface area (Å²) in [4.78, 5) is 95.1. The Labute approximate surface area is 351 Å². The van der Waals surface area contributed by atoms with E-state index in [0.29, 0.717) is 10.6 Å².